The largest absolute Gasteiger partial charge is 0.309 e. The van der Waals surface area contributed by atoms with E-state index >= 15 is 0 Å². The molecule has 19 heavy (non-hydrogen) atoms. The molecule has 2 rings (SSSR count). The lowest BCUT2D eigenvalue weighted by atomic mass is 10.0. The first-order valence-electron chi connectivity index (χ1n) is 6.29. The molecule has 1 aromatic heterocycles. The Morgan fingerprint density at radius 3 is 2.84 bits per heavy atom. The fourth-order valence-electron chi connectivity index (χ4n) is 2.07. The van der Waals surface area contributed by atoms with Crippen molar-refractivity contribution < 1.29 is 4.39 Å². The first-order chi connectivity index (χ1) is 9.20. The summed E-state index contributed by atoms with van der Waals surface area (Å²) < 4.78 is 13.8. The molecule has 0 radical (unpaired) electrons. The van der Waals surface area contributed by atoms with Gasteiger partial charge in [-0.1, -0.05) is 30.7 Å². The van der Waals surface area contributed by atoms with Crippen molar-refractivity contribution in [2.24, 2.45) is 0 Å². The fourth-order valence-corrected chi connectivity index (χ4v) is 2.28. The summed E-state index contributed by atoms with van der Waals surface area (Å²) in [6, 6.07) is 10.5. The molecule has 2 nitrogen and oxygen atoms in total. The van der Waals surface area contributed by atoms with Gasteiger partial charge in [-0.05, 0) is 42.8 Å². The molecule has 0 bridgehead atoms. The number of nitrogens with zero attached hydrogens (tertiary/aromatic N) is 1. The van der Waals surface area contributed by atoms with Crippen LogP contribution in [0.4, 0.5) is 4.39 Å². The Labute approximate surface area is 117 Å². The fraction of sp³-hybridized carbons (Fsp3) is 0.267. The van der Waals surface area contributed by atoms with Gasteiger partial charge < -0.3 is 5.32 Å². The average molecular weight is 279 g/mol. The third kappa shape index (κ3) is 3.75. The Kier molecular flexibility index (Phi) is 4.88. The van der Waals surface area contributed by atoms with E-state index in [1.54, 1.807) is 12.3 Å². The van der Waals surface area contributed by atoms with E-state index in [2.05, 4.69) is 10.3 Å². The van der Waals surface area contributed by atoms with Crippen molar-refractivity contribution >= 4 is 11.6 Å². The van der Waals surface area contributed by atoms with E-state index in [1.165, 1.54) is 6.07 Å². The van der Waals surface area contributed by atoms with Gasteiger partial charge in [-0.3, -0.25) is 4.98 Å². The van der Waals surface area contributed by atoms with Crippen LogP contribution in [-0.4, -0.2) is 11.5 Å². The Morgan fingerprint density at radius 1 is 1.32 bits per heavy atom. The first-order valence-corrected chi connectivity index (χ1v) is 6.66. The lowest BCUT2D eigenvalue weighted by Crippen LogP contribution is -2.25. The van der Waals surface area contributed by atoms with Gasteiger partial charge in [-0.25, -0.2) is 4.39 Å². The van der Waals surface area contributed by atoms with Gasteiger partial charge in [0.15, 0.2) is 0 Å². The molecule has 0 aliphatic carbocycles. The Balaban J connectivity index is 2.24. The molecule has 0 aliphatic heterocycles. The van der Waals surface area contributed by atoms with Gasteiger partial charge in [0.2, 0.25) is 0 Å². The topological polar surface area (TPSA) is 24.9 Å². The van der Waals surface area contributed by atoms with Crippen molar-refractivity contribution in [2.75, 3.05) is 6.54 Å². The van der Waals surface area contributed by atoms with Crippen molar-refractivity contribution in [2.45, 2.75) is 19.4 Å². The summed E-state index contributed by atoms with van der Waals surface area (Å²) in [4.78, 5) is 4.15. The molecule has 0 spiro atoms. The van der Waals surface area contributed by atoms with E-state index in [-0.39, 0.29) is 11.9 Å². The smallest absolute Gasteiger partial charge is 0.146 e. The predicted octanol–water partition coefficient (Wildman–Crippen LogP) is 3.77. The third-order valence-corrected chi connectivity index (χ3v) is 3.13. The van der Waals surface area contributed by atoms with E-state index in [4.69, 9.17) is 11.6 Å². The molecule has 4 heteroatoms. The van der Waals surface area contributed by atoms with E-state index in [0.717, 1.165) is 12.1 Å². The number of nitrogens with one attached hydrogen (secondary N) is 1. The summed E-state index contributed by atoms with van der Waals surface area (Å²) in [5, 5.41) is 3.95. The van der Waals surface area contributed by atoms with Crippen LogP contribution in [0.25, 0.3) is 0 Å². The lowest BCUT2D eigenvalue weighted by Gasteiger charge is -2.18. The minimum atomic E-state index is -0.282. The van der Waals surface area contributed by atoms with Crippen LogP contribution in [-0.2, 0) is 6.42 Å². The van der Waals surface area contributed by atoms with Gasteiger partial charge in [0, 0.05) is 11.2 Å². The van der Waals surface area contributed by atoms with Gasteiger partial charge in [0.05, 0.1) is 11.7 Å². The molecule has 0 aliphatic rings. The quantitative estimate of drug-likeness (QED) is 0.901. The third-order valence-electron chi connectivity index (χ3n) is 2.90. The van der Waals surface area contributed by atoms with Crippen molar-refractivity contribution in [3.05, 3.63) is 64.7 Å². The standard InChI is InChI=1S/C15H16ClFN2/c1-2-18-14(15-13(17)7-4-8-19-15)10-11-5-3-6-12(16)9-11/h3-9,14,18H,2,10H2,1H3. The zero-order valence-electron chi connectivity index (χ0n) is 10.7. The van der Waals surface area contributed by atoms with Crippen LogP contribution >= 0.6 is 11.6 Å². The van der Waals surface area contributed by atoms with Crippen LogP contribution in [0.15, 0.2) is 42.6 Å². The normalized spacial score (nSPS) is 12.4. The molecule has 0 saturated heterocycles. The molecule has 1 atom stereocenters. The van der Waals surface area contributed by atoms with Gasteiger partial charge >= 0.3 is 0 Å². The van der Waals surface area contributed by atoms with Crippen molar-refractivity contribution in [1.29, 1.82) is 0 Å². The second-order valence-corrected chi connectivity index (χ2v) is 4.75. The molecule has 1 aromatic carbocycles. The van der Waals surface area contributed by atoms with Crippen LogP contribution in [0.1, 0.15) is 24.2 Å². The van der Waals surface area contributed by atoms with Gasteiger partial charge in [0.1, 0.15) is 5.82 Å². The van der Waals surface area contributed by atoms with Gasteiger partial charge in [-0.15, -0.1) is 0 Å². The molecular formula is C15H16ClFN2. The van der Waals surface area contributed by atoms with Crippen LogP contribution in [0.2, 0.25) is 5.02 Å². The van der Waals surface area contributed by atoms with Crippen molar-refractivity contribution in [3.63, 3.8) is 0 Å². The van der Waals surface area contributed by atoms with Gasteiger partial charge in [0.25, 0.3) is 0 Å². The van der Waals surface area contributed by atoms with E-state index in [0.29, 0.717) is 17.1 Å². The Bertz CT molecular complexity index is 545. The predicted molar refractivity (Wildman–Crippen MR) is 75.8 cm³/mol. The average Bonchev–Trinajstić information content (AvgIpc) is 2.39. The summed E-state index contributed by atoms with van der Waals surface area (Å²) in [7, 11) is 0. The molecule has 0 saturated carbocycles. The molecule has 0 fully saturated rings. The number of hydrogen-bond acceptors (Lipinski definition) is 2. The SMILES string of the molecule is CCNC(Cc1cccc(Cl)c1)c1ncccc1F. The zero-order chi connectivity index (χ0) is 13.7. The van der Waals surface area contributed by atoms with Crippen LogP contribution < -0.4 is 5.32 Å². The zero-order valence-corrected chi connectivity index (χ0v) is 11.5. The van der Waals surface area contributed by atoms with Crippen molar-refractivity contribution in [1.82, 2.24) is 10.3 Å². The number of aromatic nitrogens is 1. The van der Waals surface area contributed by atoms with Crippen LogP contribution in [0, 0.1) is 5.82 Å². The summed E-state index contributed by atoms with van der Waals surface area (Å²) in [6.45, 7) is 2.74. The Hall–Kier alpha value is -1.45. The number of pyridine rings is 1. The molecule has 1 heterocycles. The lowest BCUT2D eigenvalue weighted by molar-refractivity contribution is 0.494. The first kappa shape index (κ1) is 14.0. The van der Waals surface area contributed by atoms with Crippen molar-refractivity contribution in [3.8, 4) is 0 Å². The number of halogens is 2. The summed E-state index contributed by atoms with van der Waals surface area (Å²) in [5.41, 5.74) is 1.51. The summed E-state index contributed by atoms with van der Waals surface area (Å²) in [5.74, 6) is -0.282. The second kappa shape index (κ2) is 6.64. The number of hydrogen-bond donors (Lipinski definition) is 1. The maximum atomic E-state index is 13.8. The van der Waals surface area contributed by atoms with E-state index in [1.807, 2.05) is 31.2 Å². The molecule has 1 unspecified atom stereocenters. The number of rotatable bonds is 5. The maximum absolute atomic E-state index is 13.8. The molecular weight excluding hydrogens is 263 g/mol. The highest BCUT2D eigenvalue weighted by Gasteiger charge is 2.16. The highest BCUT2D eigenvalue weighted by molar-refractivity contribution is 6.30. The van der Waals surface area contributed by atoms with Gasteiger partial charge in [-0.2, -0.15) is 0 Å². The number of likely N-dealkylation sites (N-methyl/N-ethyl adjacent to an activating group) is 1. The molecule has 2 aromatic rings. The summed E-state index contributed by atoms with van der Waals surface area (Å²) in [6.07, 6.45) is 2.27. The molecule has 0 amide bonds. The maximum Gasteiger partial charge on any atom is 0.146 e. The van der Waals surface area contributed by atoms with E-state index in [9.17, 15) is 4.39 Å². The van der Waals surface area contributed by atoms with E-state index < -0.39 is 0 Å². The molecule has 1 N–H and O–H groups in total. The minimum Gasteiger partial charge on any atom is -0.309 e. The second-order valence-electron chi connectivity index (χ2n) is 4.31. The van der Waals surface area contributed by atoms with Crippen LogP contribution in [0.3, 0.4) is 0 Å². The number of benzene rings is 1. The summed E-state index contributed by atoms with van der Waals surface area (Å²) >= 11 is 5.97. The monoisotopic (exact) mass is 278 g/mol. The molecule has 100 valence electrons. The minimum absolute atomic E-state index is 0.148. The highest BCUT2D eigenvalue weighted by Crippen LogP contribution is 2.21. The van der Waals surface area contributed by atoms with Crippen LogP contribution in [0.5, 0.6) is 0 Å². The Morgan fingerprint density at radius 2 is 2.16 bits per heavy atom. The highest BCUT2D eigenvalue weighted by atomic mass is 35.5.